The molecule has 1 fully saturated rings. The van der Waals surface area contributed by atoms with Gasteiger partial charge in [-0.05, 0) is 61.1 Å². The molecular weight excluding hydrogens is 360 g/mol. The Labute approximate surface area is 164 Å². The Balaban J connectivity index is 1.40. The third-order valence-corrected chi connectivity index (χ3v) is 5.87. The van der Waals surface area contributed by atoms with Gasteiger partial charge in [0.05, 0.1) is 12.0 Å². The monoisotopic (exact) mass is 382 g/mol. The van der Waals surface area contributed by atoms with E-state index in [2.05, 4.69) is 17.4 Å². The number of carbonyl (C=O) groups is 2. The Bertz CT molecular complexity index is 850. The molecule has 1 aliphatic carbocycles. The lowest BCUT2D eigenvalue weighted by molar-refractivity contribution is -0.127. The van der Waals surface area contributed by atoms with Crippen molar-refractivity contribution in [3.63, 3.8) is 0 Å². The number of fused-ring (bicyclic) bond motifs is 1. The first-order chi connectivity index (χ1) is 13.1. The summed E-state index contributed by atoms with van der Waals surface area (Å²) in [6, 6.07) is 15.3. The van der Waals surface area contributed by atoms with Crippen molar-refractivity contribution in [3.05, 3.63) is 70.2 Å². The average molecular weight is 383 g/mol. The molecule has 2 aromatic carbocycles. The Morgan fingerprint density at radius 3 is 2.63 bits per heavy atom. The molecule has 0 bridgehead atoms. The van der Waals surface area contributed by atoms with Gasteiger partial charge < -0.3 is 10.2 Å². The van der Waals surface area contributed by atoms with Gasteiger partial charge in [-0.15, -0.1) is 0 Å². The second-order valence-corrected chi connectivity index (χ2v) is 7.83. The van der Waals surface area contributed by atoms with Gasteiger partial charge in [0.15, 0.2) is 0 Å². The van der Waals surface area contributed by atoms with E-state index in [0.29, 0.717) is 23.7 Å². The van der Waals surface area contributed by atoms with Gasteiger partial charge in [-0.25, -0.2) is 0 Å². The smallest absolute Gasteiger partial charge is 0.253 e. The van der Waals surface area contributed by atoms with Gasteiger partial charge in [0.1, 0.15) is 0 Å². The van der Waals surface area contributed by atoms with Crippen LogP contribution in [0.5, 0.6) is 0 Å². The highest BCUT2D eigenvalue weighted by molar-refractivity contribution is 6.30. The molecule has 0 radical (unpaired) electrons. The predicted octanol–water partition coefficient (Wildman–Crippen LogP) is 4.00. The van der Waals surface area contributed by atoms with Crippen molar-refractivity contribution >= 4 is 23.4 Å². The molecule has 0 spiro atoms. The average Bonchev–Trinajstić information content (AvgIpc) is 3.11. The van der Waals surface area contributed by atoms with Gasteiger partial charge in [0.2, 0.25) is 5.91 Å². The molecule has 0 saturated carbocycles. The maximum Gasteiger partial charge on any atom is 0.253 e. The third-order valence-electron chi connectivity index (χ3n) is 5.62. The number of benzene rings is 2. The molecule has 4 nitrogen and oxygen atoms in total. The molecule has 0 aromatic heterocycles. The molecule has 2 atom stereocenters. The molecule has 140 valence electrons. The van der Waals surface area contributed by atoms with E-state index < -0.39 is 0 Å². The third kappa shape index (κ3) is 3.86. The second-order valence-electron chi connectivity index (χ2n) is 7.40. The summed E-state index contributed by atoms with van der Waals surface area (Å²) in [5.41, 5.74) is 3.17. The van der Waals surface area contributed by atoms with Gasteiger partial charge in [-0.2, -0.15) is 0 Å². The number of rotatable bonds is 3. The molecule has 1 heterocycles. The first-order valence-electron chi connectivity index (χ1n) is 9.55. The van der Waals surface area contributed by atoms with E-state index in [9.17, 15) is 9.59 Å². The van der Waals surface area contributed by atoms with Gasteiger partial charge in [-0.3, -0.25) is 9.59 Å². The minimum atomic E-state index is -0.150. The first-order valence-corrected chi connectivity index (χ1v) is 9.92. The molecule has 1 saturated heterocycles. The van der Waals surface area contributed by atoms with Gasteiger partial charge in [0, 0.05) is 23.7 Å². The Morgan fingerprint density at radius 2 is 1.81 bits per heavy atom. The van der Waals surface area contributed by atoms with Gasteiger partial charge in [-0.1, -0.05) is 35.9 Å². The molecule has 2 aliphatic rings. The zero-order valence-corrected chi connectivity index (χ0v) is 15.9. The number of carbonyl (C=O) groups excluding carboxylic acids is 2. The molecule has 5 heteroatoms. The van der Waals surface area contributed by atoms with E-state index in [-0.39, 0.29) is 23.8 Å². The van der Waals surface area contributed by atoms with E-state index in [1.54, 1.807) is 29.2 Å². The maximum atomic E-state index is 12.8. The highest BCUT2D eigenvalue weighted by Gasteiger charge is 2.31. The summed E-state index contributed by atoms with van der Waals surface area (Å²) >= 11 is 5.91. The highest BCUT2D eigenvalue weighted by atomic mass is 35.5. The van der Waals surface area contributed by atoms with Crippen LogP contribution in [-0.2, 0) is 11.2 Å². The van der Waals surface area contributed by atoms with Crippen molar-refractivity contribution in [2.45, 2.75) is 31.7 Å². The summed E-state index contributed by atoms with van der Waals surface area (Å²) in [5.74, 6) is -0.122. The number of nitrogens with zero attached hydrogens (tertiary/aromatic N) is 1. The normalized spacial score (nSPS) is 21.6. The van der Waals surface area contributed by atoms with Crippen LogP contribution in [-0.4, -0.2) is 29.8 Å². The minimum absolute atomic E-state index is 0.0321. The molecule has 0 unspecified atom stereocenters. The number of nitrogens with one attached hydrogen (secondary N) is 1. The first kappa shape index (κ1) is 18.1. The fourth-order valence-electron chi connectivity index (χ4n) is 4.15. The van der Waals surface area contributed by atoms with E-state index in [0.717, 1.165) is 25.7 Å². The zero-order chi connectivity index (χ0) is 18.8. The van der Waals surface area contributed by atoms with Crippen LogP contribution in [0.15, 0.2) is 48.5 Å². The van der Waals surface area contributed by atoms with Crippen LogP contribution in [0, 0.1) is 5.92 Å². The Morgan fingerprint density at radius 1 is 1.04 bits per heavy atom. The molecule has 2 aromatic rings. The molecular formula is C22H23ClN2O2. The Kier molecular flexibility index (Phi) is 5.17. The number of piperidine rings is 1. The molecule has 1 aliphatic heterocycles. The van der Waals surface area contributed by atoms with Crippen LogP contribution in [0.1, 0.15) is 46.8 Å². The van der Waals surface area contributed by atoms with E-state index in [1.165, 1.54) is 11.1 Å². The van der Waals surface area contributed by atoms with Crippen LogP contribution in [0.2, 0.25) is 5.02 Å². The lowest BCUT2D eigenvalue weighted by Gasteiger charge is -2.32. The van der Waals surface area contributed by atoms with Crippen LogP contribution in [0.25, 0.3) is 0 Å². The highest BCUT2D eigenvalue weighted by Crippen LogP contribution is 2.31. The van der Waals surface area contributed by atoms with Crippen molar-refractivity contribution in [1.29, 1.82) is 0 Å². The zero-order valence-electron chi connectivity index (χ0n) is 15.2. The van der Waals surface area contributed by atoms with Gasteiger partial charge in [0.25, 0.3) is 5.91 Å². The molecule has 27 heavy (non-hydrogen) atoms. The van der Waals surface area contributed by atoms with Crippen molar-refractivity contribution in [3.8, 4) is 0 Å². The summed E-state index contributed by atoms with van der Waals surface area (Å²) in [4.78, 5) is 27.4. The quantitative estimate of drug-likeness (QED) is 0.872. The lowest BCUT2D eigenvalue weighted by atomic mass is 9.95. The summed E-state index contributed by atoms with van der Waals surface area (Å²) < 4.78 is 0. The summed E-state index contributed by atoms with van der Waals surface area (Å²) in [6.45, 7) is 1.17. The van der Waals surface area contributed by atoms with Crippen LogP contribution in [0.3, 0.4) is 0 Å². The predicted molar refractivity (Wildman–Crippen MR) is 106 cm³/mol. The summed E-state index contributed by atoms with van der Waals surface area (Å²) in [5, 5.41) is 3.83. The number of aryl methyl sites for hydroxylation is 1. The van der Waals surface area contributed by atoms with E-state index in [4.69, 9.17) is 11.6 Å². The van der Waals surface area contributed by atoms with Crippen molar-refractivity contribution < 1.29 is 9.59 Å². The van der Waals surface area contributed by atoms with Crippen molar-refractivity contribution in [2.75, 3.05) is 13.1 Å². The van der Waals surface area contributed by atoms with E-state index >= 15 is 0 Å². The van der Waals surface area contributed by atoms with Crippen LogP contribution >= 0.6 is 11.6 Å². The van der Waals surface area contributed by atoms with Gasteiger partial charge >= 0.3 is 0 Å². The van der Waals surface area contributed by atoms with Crippen molar-refractivity contribution in [2.24, 2.45) is 5.92 Å². The van der Waals surface area contributed by atoms with Crippen LogP contribution in [0.4, 0.5) is 0 Å². The largest absolute Gasteiger partial charge is 0.349 e. The summed E-state index contributed by atoms with van der Waals surface area (Å²) in [7, 11) is 0. The SMILES string of the molecule is O=C(N[C@H]1CCc2ccccc21)[C@@H]1CCCN(C(=O)c2ccc(Cl)cc2)C1. The molecule has 4 rings (SSSR count). The second kappa shape index (κ2) is 7.73. The van der Waals surface area contributed by atoms with E-state index in [1.807, 2.05) is 12.1 Å². The standard InChI is InChI=1S/C22H23ClN2O2/c23-18-10-7-16(8-11-18)22(27)25-13-3-5-17(14-25)21(26)24-20-12-9-15-4-1-2-6-19(15)20/h1-2,4,6-8,10-11,17,20H,3,5,9,12-14H2,(H,24,26)/t17-,20+/m1/s1. The number of amides is 2. The van der Waals surface area contributed by atoms with Crippen LogP contribution < -0.4 is 5.32 Å². The fourth-order valence-corrected chi connectivity index (χ4v) is 4.27. The fraction of sp³-hybridized carbons (Fsp3) is 0.364. The number of hydrogen-bond acceptors (Lipinski definition) is 2. The summed E-state index contributed by atoms with van der Waals surface area (Å²) in [6.07, 6.45) is 3.63. The Hall–Kier alpha value is -2.33. The van der Waals surface area contributed by atoms with Crippen molar-refractivity contribution in [1.82, 2.24) is 10.2 Å². The minimum Gasteiger partial charge on any atom is -0.349 e. The number of halogens is 1. The lowest BCUT2D eigenvalue weighted by Crippen LogP contribution is -2.46. The number of hydrogen-bond donors (Lipinski definition) is 1. The molecule has 1 N–H and O–H groups in total. The maximum absolute atomic E-state index is 12.8. The number of likely N-dealkylation sites (tertiary alicyclic amines) is 1. The topological polar surface area (TPSA) is 49.4 Å². The molecule has 2 amide bonds.